The molecule has 2 N–H and O–H groups in total. The molecule has 1 aliphatic rings. The molecule has 3 heterocycles. The number of nitrogens with one attached hydrogen (secondary N) is 2. The summed E-state index contributed by atoms with van der Waals surface area (Å²) in [5.41, 5.74) is 1.85. The molecule has 0 aliphatic carbocycles. The Morgan fingerprint density at radius 2 is 2.12 bits per heavy atom. The van der Waals surface area contributed by atoms with Crippen molar-refractivity contribution in [1.82, 2.24) is 24.9 Å². The lowest BCUT2D eigenvalue weighted by molar-refractivity contribution is 0.0957. The maximum atomic E-state index is 12.0. The molecular formula is C18H25N5O3. The third kappa shape index (κ3) is 4.65. The summed E-state index contributed by atoms with van der Waals surface area (Å²) in [6, 6.07) is 5.76. The lowest BCUT2D eigenvalue weighted by Crippen LogP contribution is -2.49. The Hall–Kier alpha value is -2.77. The van der Waals surface area contributed by atoms with Gasteiger partial charge >= 0.3 is 12.1 Å². The average Bonchev–Trinajstić information content (AvgIpc) is 3.05. The molecule has 26 heavy (non-hydrogen) atoms. The van der Waals surface area contributed by atoms with Gasteiger partial charge in [-0.3, -0.25) is 0 Å². The minimum atomic E-state index is -0.275. The van der Waals surface area contributed by atoms with E-state index >= 15 is 0 Å². The van der Waals surface area contributed by atoms with Crippen LogP contribution in [-0.2, 0) is 11.2 Å². The second-order valence-electron chi connectivity index (χ2n) is 6.31. The van der Waals surface area contributed by atoms with Crippen molar-refractivity contribution in [3.63, 3.8) is 0 Å². The summed E-state index contributed by atoms with van der Waals surface area (Å²) in [5.74, 6) is 0. The highest BCUT2D eigenvalue weighted by molar-refractivity contribution is 5.74. The van der Waals surface area contributed by atoms with Gasteiger partial charge in [-0.2, -0.15) is 0 Å². The van der Waals surface area contributed by atoms with E-state index in [2.05, 4.69) is 15.6 Å². The Labute approximate surface area is 152 Å². The number of carbonyl (C=O) groups is 2. The van der Waals surface area contributed by atoms with Crippen molar-refractivity contribution in [2.45, 2.75) is 32.2 Å². The van der Waals surface area contributed by atoms with E-state index < -0.39 is 0 Å². The first-order valence-corrected chi connectivity index (χ1v) is 9.04. The number of hydrogen-bond acceptors (Lipinski definition) is 4. The van der Waals surface area contributed by atoms with E-state index in [1.54, 1.807) is 11.8 Å². The molecule has 2 aromatic rings. The smallest absolute Gasteiger partial charge is 0.409 e. The lowest BCUT2D eigenvalue weighted by Gasteiger charge is -2.31. The van der Waals surface area contributed by atoms with Crippen molar-refractivity contribution in [3.8, 4) is 0 Å². The normalized spacial score (nSPS) is 15.0. The van der Waals surface area contributed by atoms with Gasteiger partial charge in [0.2, 0.25) is 0 Å². The van der Waals surface area contributed by atoms with Crippen LogP contribution < -0.4 is 10.6 Å². The standard InChI is InChI=1S/C18H25N5O3/c1-2-26-18(25)22-11-7-14(8-12-22)21-17(24)19-9-6-15-13-23-10-4-3-5-16(23)20-15/h3-5,10,13-14H,2,6-9,11-12H2,1H3,(H2,19,21,24). The predicted molar refractivity (Wildman–Crippen MR) is 97.0 cm³/mol. The molecule has 3 amide bonds. The van der Waals surface area contributed by atoms with Crippen LogP contribution in [-0.4, -0.2) is 58.7 Å². The summed E-state index contributed by atoms with van der Waals surface area (Å²) in [4.78, 5) is 29.9. The van der Waals surface area contributed by atoms with Crippen molar-refractivity contribution in [2.24, 2.45) is 0 Å². The molecule has 8 nitrogen and oxygen atoms in total. The van der Waals surface area contributed by atoms with Crippen LogP contribution in [0.5, 0.6) is 0 Å². The molecule has 0 atom stereocenters. The molecule has 1 aliphatic heterocycles. The molecule has 140 valence electrons. The van der Waals surface area contributed by atoms with Gasteiger partial charge in [-0.1, -0.05) is 6.07 Å². The highest BCUT2D eigenvalue weighted by atomic mass is 16.6. The van der Waals surface area contributed by atoms with E-state index in [0.717, 1.165) is 24.2 Å². The number of aromatic nitrogens is 2. The first-order chi connectivity index (χ1) is 12.7. The van der Waals surface area contributed by atoms with Crippen molar-refractivity contribution in [2.75, 3.05) is 26.2 Å². The number of rotatable bonds is 5. The number of carbonyl (C=O) groups excluding carboxylic acids is 2. The van der Waals surface area contributed by atoms with Gasteiger partial charge in [0.25, 0.3) is 0 Å². The fourth-order valence-corrected chi connectivity index (χ4v) is 3.07. The Morgan fingerprint density at radius 3 is 2.85 bits per heavy atom. The molecule has 3 rings (SSSR count). The summed E-state index contributed by atoms with van der Waals surface area (Å²) in [7, 11) is 0. The van der Waals surface area contributed by atoms with Crippen LogP contribution in [0.25, 0.3) is 5.65 Å². The zero-order valence-electron chi connectivity index (χ0n) is 15.0. The van der Waals surface area contributed by atoms with E-state index in [0.29, 0.717) is 32.7 Å². The van der Waals surface area contributed by atoms with Crippen molar-refractivity contribution in [1.29, 1.82) is 0 Å². The van der Waals surface area contributed by atoms with Gasteiger partial charge < -0.3 is 24.7 Å². The molecule has 0 bridgehead atoms. The molecule has 0 unspecified atom stereocenters. The average molecular weight is 359 g/mol. The fourth-order valence-electron chi connectivity index (χ4n) is 3.07. The van der Waals surface area contributed by atoms with Gasteiger partial charge in [0.15, 0.2) is 0 Å². The highest BCUT2D eigenvalue weighted by Gasteiger charge is 2.24. The number of nitrogens with zero attached hydrogens (tertiary/aromatic N) is 3. The number of amides is 3. The van der Waals surface area contributed by atoms with Crippen molar-refractivity contribution < 1.29 is 14.3 Å². The van der Waals surface area contributed by atoms with Crippen LogP contribution in [0.3, 0.4) is 0 Å². The molecule has 1 saturated heterocycles. The Bertz CT molecular complexity index is 719. The van der Waals surface area contributed by atoms with Crippen LogP contribution in [0.15, 0.2) is 30.6 Å². The summed E-state index contributed by atoms with van der Waals surface area (Å²) in [6.07, 6.45) is 5.80. The molecule has 0 saturated carbocycles. The zero-order chi connectivity index (χ0) is 18.4. The van der Waals surface area contributed by atoms with Crippen LogP contribution in [0.4, 0.5) is 9.59 Å². The monoisotopic (exact) mass is 359 g/mol. The second kappa shape index (κ2) is 8.55. The Kier molecular flexibility index (Phi) is 5.93. The minimum Gasteiger partial charge on any atom is -0.450 e. The van der Waals surface area contributed by atoms with Gasteiger partial charge in [0, 0.05) is 44.5 Å². The Morgan fingerprint density at radius 1 is 1.31 bits per heavy atom. The number of fused-ring (bicyclic) bond motifs is 1. The van der Waals surface area contributed by atoms with Gasteiger partial charge in [-0.05, 0) is 31.9 Å². The maximum Gasteiger partial charge on any atom is 0.409 e. The van der Waals surface area contributed by atoms with E-state index in [-0.39, 0.29) is 18.2 Å². The van der Waals surface area contributed by atoms with E-state index in [1.165, 1.54) is 0 Å². The number of ether oxygens (including phenoxy) is 1. The molecule has 0 spiro atoms. The number of piperidine rings is 1. The van der Waals surface area contributed by atoms with Crippen LogP contribution in [0.2, 0.25) is 0 Å². The second-order valence-corrected chi connectivity index (χ2v) is 6.31. The summed E-state index contributed by atoms with van der Waals surface area (Å²) in [5, 5.41) is 5.84. The van der Waals surface area contributed by atoms with E-state index in [9.17, 15) is 9.59 Å². The van der Waals surface area contributed by atoms with Gasteiger partial charge in [-0.15, -0.1) is 0 Å². The third-order valence-electron chi connectivity index (χ3n) is 4.44. The summed E-state index contributed by atoms with van der Waals surface area (Å²) >= 11 is 0. The Balaban J connectivity index is 1.36. The highest BCUT2D eigenvalue weighted by Crippen LogP contribution is 2.11. The molecule has 2 aromatic heterocycles. The lowest BCUT2D eigenvalue weighted by atomic mass is 10.1. The van der Waals surface area contributed by atoms with E-state index in [4.69, 9.17) is 4.74 Å². The molecule has 0 aromatic carbocycles. The first kappa shape index (κ1) is 18.0. The van der Waals surface area contributed by atoms with Crippen molar-refractivity contribution >= 4 is 17.8 Å². The van der Waals surface area contributed by atoms with Gasteiger partial charge in [-0.25, -0.2) is 14.6 Å². The number of hydrogen-bond donors (Lipinski definition) is 2. The van der Waals surface area contributed by atoms with Crippen LogP contribution >= 0.6 is 0 Å². The summed E-state index contributed by atoms with van der Waals surface area (Å²) < 4.78 is 6.96. The minimum absolute atomic E-state index is 0.0795. The van der Waals surface area contributed by atoms with Gasteiger partial charge in [0.1, 0.15) is 5.65 Å². The quantitative estimate of drug-likeness (QED) is 0.852. The van der Waals surface area contributed by atoms with Gasteiger partial charge in [0.05, 0.1) is 12.3 Å². The van der Waals surface area contributed by atoms with Crippen LogP contribution in [0.1, 0.15) is 25.5 Å². The maximum absolute atomic E-state index is 12.0. The molecule has 8 heteroatoms. The third-order valence-corrected chi connectivity index (χ3v) is 4.44. The zero-order valence-corrected chi connectivity index (χ0v) is 15.0. The predicted octanol–water partition coefficient (Wildman–Crippen LogP) is 1.80. The number of pyridine rings is 1. The summed E-state index contributed by atoms with van der Waals surface area (Å²) in [6.45, 7) is 3.90. The fraction of sp³-hybridized carbons (Fsp3) is 0.500. The number of imidazole rings is 1. The first-order valence-electron chi connectivity index (χ1n) is 9.04. The van der Waals surface area contributed by atoms with E-state index in [1.807, 2.05) is 35.0 Å². The topological polar surface area (TPSA) is 88.0 Å². The molecule has 1 fully saturated rings. The number of likely N-dealkylation sites (tertiary alicyclic amines) is 1. The van der Waals surface area contributed by atoms with Crippen molar-refractivity contribution in [3.05, 3.63) is 36.3 Å². The van der Waals surface area contributed by atoms with Crippen LogP contribution in [0, 0.1) is 0 Å². The number of urea groups is 1. The molecular weight excluding hydrogens is 334 g/mol. The largest absolute Gasteiger partial charge is 0.450 e. The SMILES string of the molecule is CCOC(=O)N1CCC(NC(=O)NCCc2cn3ccccc3n2)CC1. The molecule has 0 radical (unpaired) electrons.